The zero-order valence-corrected chi connectivity index (χ0v) is 12.2. The van der Waals surface area contributed by atoms with Gasteiger partial charge in [-0.05, 0) is 50.0 Å². The van der Waals surface area contributed by atoms with Crippen LogP contribution in [0.25, 0.3) is 0 Å². The van der Waals surface area contributed by atoms with E-state index in [4.69, 9.17) is 5.14 Å². The SMILES string of the molecule is Cc1c(NC(=O)CC2CCNC2)cccc1S(N)(=O)=O. The van der Waals surface area contributed by atoms with E-state index in [0.717, 1.165) is 19.5 Å². The number of sulfonamides is 1. The standard InChI is InChI=1S/C13H19N3O3S/c1-9-11(3-2-4-12(9)20(14,18)19)16-13(17)7-10-5-6-15-8-10/h2-4,10,15H,5-8H2,1H3,(H,16,17)(H2,14,18,19). The smallest absolute Gasteiger partial charge is 0.238 e. The third-order valence-corrected chi connectivity index (χ3v) is 4.56. The van der Waals surface area contributed by atoms with Gasteiger partial charge >= 0.3 is 0 Å². The predicted molar refractivity (Wildman–Crippen MR) is 76.8 cm³/mol. The van der Waals surface area contributed by atoms with Gasteiger partial charge in [0.15, 0.2) is 0 Å². The van der Waals surface area contributed by atoms with Crippen LogP contribution in [0.15, 0.2) is 23.1 Å². The Morgan fingerprint density at radius 2 is 2.25 bits per heavy atom. The van der Waals surface area contributed by atoms with E-state index in [1.807, 2.05) is 0 Å². The molecule has 0 aromatic heterocycles. The first-order valence-corrected chi connectivity index (χ1v) is 8.05. The van der Waals surface area contributed by atoms with Crippen LogP contribution in [-0.2, 0) is 14.8 Å². The van der Waals surface area contributed by atoms with Gasteiger partial charge in [0.25, 0.3) is 0 Å². The maximum atomic E-state index is 12.0. The number of benzene rings is 1. The van der Waals surface area contributed by atoms with Crippen molar-refractivity contribution in [2.75, 3.05) is 18.4 Å². The lowest BCUT2D eigenvalue weighted by atomic mass is 10.0. The maximum Gasteiger partial charge on any atom is 0.238 e. The average molecular weight is 297 g/mol. The lowest BCUT2D eigenvalue weighted by Crippen LogP contribution is -2.20. The number of nitrogens with one attached hydrogen (secondary N) is 2. The molecule has 2 rings (SSSR count). The molecule has 1 aliphatic rings. The summed E-state index contributed by atoms with van der Waals surface area (Å²) in [6.07, 6.45) is 1.43. The Morgan fingerprint density at radius 1 is 1.50 bits per heavy atom. The van der Waals surface area contributed by atoms with Crippen molar-refractivity contribution in [3.8, 4) is 0 Å². The molecule has 1 aliphatic heterocycles. The van der Waals surface area contributed by atoms with E-state index in [2.05, 4.69) is 10.6 Å². The number of amides is 1. The largest absolute Gasteiger partial charge is 0.326 e. The highest BCUT2D eigenvalue weighted by Crippen LogP contribution is 2.23. The fourth-order valence-electron chi connectivity index (χ4n) is 2.41. The summed E-state index contributed by atoms with van der Waals surface area (Å²) in [5, 5.41) is 11.1. The van der Waals surface area contributed by atoms with Gasteiger partial charge in [0.2, 0.25) is 15.9 Å². The first kappa shape index (κ1) is 15.0. The van der Waals surface area contributed by atoms with Crippen molar-refractivity contribution < 1.29 is 13.2 Å². The Balaban J connectivity index is 2.11. The van der Waals surface area contributed by atoms with Crippen LogP contribution in [0.2, 0.25) is 0 Å². The van der Waals surface area contributed by atoms with E-state index < -0.39 is 10.0 Å². The van der Waals surface area contributed by atoms with Gasteiger partial charge in [-0.3, -0.25) is 4.79 Å². The molecule has 0 saturated carbocycles. The van der Waals surface area contributed by atoms with E-state index in [0.29, 0.717) is 23.6 Å². The second kappa shape index (κ2) is 5.90. The summed E-state index contributed by atoms with van der Waals surface area (Å²) in [4.78, 5) is 12.0. The highest BCUT2D eigenvalue weighted by molar-refractivity contribution is 7.89. The van der Waals surface area contributed by atoms with Crippen LogP contribution < -0.4 is 15.8 Å². The molecule has 1 heterocycles. The van der Waals surface area contributed by atoms with Gasteiger partial charge in [0.05, 0.1) is 4.90 Å². The van der Waals surface area contributed by atoms with Crippen LogP contribution in [0.4, 0.5) is 5.69 Å². The number of carbonyl (C=O) groups is 1. The number of hydrogen-bond donors (Lipinski definition) is 3. The van der Waals surface area contributed by atoms with Crippen molar-refractivity contribution in [1.82, 2.24) is 5.32 Å². The third-order valence-electron chi connectivity index (χ3n) is 3.50. The van der Waals surface area contributed by atoms with E-state index in [9.17, 15) is 13.2 Å². The molecule has 1 aromatic rings. The molecule has 0 spiro atoms. The minimum Gasteiger partial charge on any atom is -0.326 e. The first-order chi connectivity index (χ1) is 9.38. The van der Waals surface area contributed by atoms with Crippen molar-refractivity contribution in [1.29, 1.82) is 0 Å². The quantitative estimate of drug-likeness (QED) is 0.756. The summed E-state index contributed by atoms with van der Waals surface area (Å²) < 4.78 is 22.9. The fourth-order valence-corrected chi connectivity index (χ4v) is 3.22. The summed E-state index contributed by atoms with van der Waals surface area (Å²) in [6.45, 7) is 3.42. The van der Waals surface area contributed by atoms with Crippen molar-refractivity contribution in [3.05, 3.63) is 23.8 Å². The Kier molecular flexibility index (Phi) is 4.42. The van der Waals surface area contributed by atoms with Crippen molar-refractivity contribution >= 4 is 21.6 Å². The minimum absolute atomic E-state index is 0.0397. The van der Waals surface area contributed by atoms with Crippen molar-refractivity contribution in [3.63, 3.8) is 0 Å². The summed E-state index contributed by atoms with van der Waals surface area (Å²) in [5.41, 5.74) is 0.959. The van der Waals surface area contributed by atoms with Gasteiger partial charge in [-0.15, -0.1) is 0 Å². The van der Waals surface area contributed by atoms with Crippen molar-refractivity contribution in [2.24, 2.45) is 11.1 Å². The van der Waals surface area contributed by atoms with Gasteiger partial charge in [0.1, 0.15) is 0 Å². The maximum absolute atomic E-state index is 12.0. The van der Waals surface area contributed by atoms with Gasteiger partial charge < -0.3 is 10.6 Å². The number of hydrogen-bond acceptors (Lipinski definition) is 4. The molecule has 1 saturated heterocycles. The van der Waals surface area contributed by atoms with Crippen LogP contribution in [-0.4, -0.2) is 27.4 Å². The Bertz CT molecular complexity index is 607. The molecule has 1 amide bonds. The molecule has 20 heavy (non-hydrogen) atoms. The molecular formula is C13H19N3O3S. The zero-order valence-electron chi connectivity index (χ0n) is 11.3. The van der Waals surface area contributed by atoms with Gasteiger partial charge in [-0.25, -0.2) is 13.6 Å². The predicted octanol–water partition coefficient (Wildman–Crippen LogP) is 0.581. The molecule has 4 N–H and O–H groups in total. The second-order valence-corrected chi connectivity index (χ2v) is 6.61. The van der Waals surface area contributed by atoms with Crippen LogP contribution in [0, 0.1) is 12.8 Å². The fraction of sp³-hybridized carbons (Fsp3) is 0.462. The van der Waals surface area contributed by atoms with Crippen LogP contribution in [0.1, 0.15) is 18.4 Å². The zero-order chi connectivity index (χ0) is 14.8. The topological polar surface area (TPSA) is 101 Å². The highest BCUT2D eigenvalue weighted by atomic mass is 32.2. The third kappa shape index (κ3) is 3.56. The van der Waals surface area contributed by atoms with Gasteiger partial charge in [0, 0.05) is 12.1 Å². The minimum atomic E-state index is -3.78. The molecule has 0 radical (unpaired) electrons. The number of anilines is 1. The van der Waals surface area contributed by atoms with Gasteiger partial charge in [-0.2, -0.15) is 0 Å². The first-order valence-electron chi connectivity index (χ1n) is 6.51. The molecule has 6 nitrogen and oxygen atoms in total. The van der Waals surface area contributed by atoms with Crippen LogP contribution >= 0.6 is 0 Å². The van der Waals surface area contributed by atoms with Crippen LogP contribution in [0.3, 0.4) is 0 Å². The molecule has 1 unspecified atom stereocenters. The number of carbonyl (C=O) groups excluding carboxylic acids is 1. The van der Waals surface area contributed by atoms with Gasteiger partial charge in [-0.1, -0.05) is 6.07 Å². The number of rotatable bonds is 4. The normalized spacial score (nSPS) is 19.0. The van der Waals surface area contributed by atoms with E-state index in [1.165, 1.54) is 6.07 Å². The number of primary sulfonamides is 1. The van der Waals surface area contributed by atoms with Crippen molar-refractivity contribution in [2.45, 2.75) is 24.7 Å². The summed E-state index contributed by atoms with van der Waals surface area (Å²) in [5.74, 6) is 0.241. The number of nitrogens with two attached hydrogens (primary N) is 1. The molecule has 0 aliphatic carbocycles. The molecule has 1 aromatic carbocycles. The molecule has 0 bridgehead atoms. The molecule has 110 valence electrons. The molecule has 7 heteroatoms. The lowest BCUT2D eigenvalue weighted by molar-refractivity contribution is -0.117. The summed E-state index contributed by atoms with van der Waals surface area (Å²) in [6, 6.07) is 4.68. The summed E-state index contributed by atoms with van der Waals surface area (Å²) in [7, 11) is -3.78. The van der Waals surface area contributed by atoms with E-state index in [-0.39, 0.29) is 10.8 Å². The second-order valence-electron chi connectivity index (χ2n) is 5.08. The van der Waals surface area contributed by atoms with Crippen LogP contribution in [0.5, 0.6) is 0 Å². The Hall–Kier alpha value is -1.44. The monoisotopic (exact) mass is 297 g/mol. The highest BCUT2D eigenvalue weighted by Gasteiger charge is 2.19. The average Bonchev–Trinajstić information content (AvgIpc) is 2.83. The van der Waals surface area contributed by atoms with E-state index in [1.54, 1.807) is 19.1 Å². The molecular weight excluding hydrogens is 278 g/mol. The lowest BCUT2D eigenvalue weighted by Gasteiger charge is -2.13. The Labute approximate surface area is 118 Å². The molecule has 1 atom stereocenters. The molecule has 1 fully saturated rings. The Morgan fingerprint density at radius 3 is 2.85 bits per heavy atom. The van der Waals surface area contributed by atoms with E-state index >= 15 is 0 Å². The summed E-state index contributed by atoms with van der Waals surface area (Å²) >= 11 is 0.